The van der Waals surface area contributed by atoms with Crippen LogP contribution in [0.15, 0.2) is 30.4 Å². The summed E-state index contributed by atoms with van der Waals surface area (Å²) in [7, 11) is 2.61. The summed E-state index contributed by atoms with van der Waals surface area (Å²) in [4.78, 5) is 65.6. The zero-order chi connectivity index (χ0) is 33.1. The van der Waals surface area contributed by atoms with Gasteiger partial charge in [0.25, 0.3) is 0 Å². The monoisotopic (exact) mass is 637 g/mol. The lowest BCUT2D eigenvalue weighted by atomic mass is 9.96. The number of hydrogen-bond acceptors (Lipinski definition) is 14. The number of hydrogen-bond donors (Lipinski definition) is 2. The Morgan fingerprint density at radius 3 is 2.02 bits per heavy atom. The fraction of sp³-hybridized carbons (Fsp3) is 0.567. The number of amides is 1. The summed E-state index contributed by atoms with van der Waals surface area (Å²) in [6.07, 6.45) is -6.35. The number of aliphatic hydroxyl groups is 1. The van der Waals surface area contributed by atoms with Crippen molar-refractivity contribution in [3.8, 4) is 5.75 Å². The van der Waals surface area contributed by atoms with Gasteiger partial charge in [0.2, 0.25) is 0 Å². The molecule has 2 heterocycles. The summed E-state index contributed by atoms with van der Waals surface area (Å²) >= 11 is 0. The van der Waals surface area contributed by atoms with Crippen LogP contribution in [0.3, 0.4) is 0 Å². The van der Waals surface area contributed by atoms with Crippen LogP contribution in [0.4, 0.5) is 10.5 Å². The second-order valence-corrected chi connectivity index (χ2v) is 9.96. The van der Waals surface area contributed by atoms with Crippen molar-refractivity contribution in [2.45, 2.75) is 64.3 Å². The first-order valence-corrected chi connectivity index (χ1v) is 14.4. The molecule has 0 radical (unpaired) electrons. The number of aliphatic hydroxyl groups excluding tert-OH is 1. The Morgan fingerprint density at radius 1 is 0.933 bits per heavy atom. The van der Waals surface area contributed by atoms with E-state index in [1.165, 1.54) is 26.4 Å². The largest absolute Gasteiger partial charge is 0.495 e. The Hall–Kier alpha value is -4.21. The zero-order valence-corrected chi connectivity index (χ0v) is 25.7. The number of aryl methyl sites for hydroxylation is 1. The highest BCUT2D eigenvalue weighted by Crippen LogP contribution is 2.33. The van der Waals surface area contributed by atoms with Crippen molar-refractivity contribution < 1.29 is 67.0 Å². The van der Waals surface area contributed by atoms with Crippen LogP contribution in [0.25, 0.3) is 0 Å². The molecule has 2 aliphatic heterocycles. The Bertz CT molecular complexity index is 1250. The summed E-state index contributed by atoms with van der Waals surface area (Å²) in [5.74, 6) is -6.51. The van der Waals surface area contributed by atoms with Gasteiger partial charge in [-0.2, -0.15) is 0 Å². The minimum Gasteiger partial charge on any atom is -0.495 e. The molecule has 1 fully saturated rings. The topological polar surface area (TPSA) is 191 Å². The maximum Gasteiger partial charge on any atom is 0.412 e. The number of carbonyl (C=O) groups excluding carboxylic acids is 5. The number of rotatable bonds is 9. The first kappa shape index (κ1) is 35.3. The van der Waals surface area contributed by atoms with Crippen LogP contribution in [0.2, 0.25) is 0 Å². The van der Waals surface area contributed by atoms with Gasteiger partial charge < -0.3 is 43.0 Å². The molecule has 2 aliphatic rings. The van der Waals surface area contributed by atoms with Crippen molar-refractivity contribution in [2.24, 2.45) is 11.8 Å². The van der Waals surface area contributed by atoms with Crippen molar-refractivity contribution in [1.29, 1.82) is 0 Å². The summed E-state index contributed by atoms with van der Waals surface area (Å²) in [6.45, 7) is 4.05. The van der Waals surface area contributed by atoms with Gasteiger partial charge in [-0.3, -0.25) is 24.5 Å². The van der Waals surface area contributed by atoms with E-state index < -0.39 is 79.1 Å². The molecule has 0 bridgehead atoms. The van der Waals surface area contributed by atoms with E-state index in [1.807, 2.05) is 0 Å². The number of ether oxygens (including phenoxy) is 8. The van der Waals surface area contributed by atoms with E-state index in [4.69, 9.17) is 37.9 Å². The summed E-state index contributed by atoms with van der Waals surface area (Å²) in [6, 6.07) is 5.05. The third-order valence-corrected chi connectivity index (χ3v) is 7.05. The lowest BCUT2D eigenvalue weighted by Gasteiger charge is -2.44. The molecule has 248 valence electrons. The molecule has 0 spiro atoms. The van der Waals surface area contributed by atoms with Crippen molar-refractivity contribution in [1.82, 2.24) is 0 Å². The zero-order valence-electron chi connectivity index (χ0n) is 25.7. The third-order valence-electron chi connectivity index (χ3n) is 7.05. The quantitative estimate of drug-likeness (QED) is 0.172. The minimum atomic E-state index is -1.69. The molecule has 0 aliphatic carbocycles. The van der Waals surface area contributed by atoms with Gasteiger partial charge >= 0.3 is 30.0 Å². The summed E-state index contributed by atoms with van der Waals surface area (Å²) < 4.78 is 43.6. The molecule has 0 unspecified atom stereocenters. The predicted octanol–water partition coefficient (Wildman–Crippen LogP) is 1.82. The highest BCUT2D eigenvalue weighted by molar-refractivity contribution is 5.96. The molecule has 7 atom stereocenters. The molecule has 1 aromatic rings. The average molecular weight is 638 g/mol. The van der Waals surface area contributed by atoms with Gasteiger partial charge in [-0.15, -0.1) is 0 Å². The second-order valence-electron chi connectivity index (χ2n) is 9.96. The molecule has 0 saturated carbocycles. The first-order chi connectivity index (χ1) is 21.6. The van der Waals surface area contributed by atoms with Crippen LogP contribution < -0.4 is 10.1 Å². The molecule has 1 saturated heterocycles. The van der Waals surface area contributed by atoms with Crippen molar-refractivity contribution in [3.05, 3.63) is 35.9 Å². The van der Waals surface area contributed by atoms with Gasteiger partial charge in [0.15, 0.2) is 36.4 Å². The Kier molecular flexibility index (Phi) is 13.1. The predicted molar refractivity (Wildman–Crippen MR) is 153 cm³/mol. The molecule has 1 aromatic carbocycles. The number of anilines is 1. The molecular weight excluding hydrogens is 598 g/mol. The van der Waals surface area contributed by atoms with Crippen molar-refractivity contribution >= 4 is 35.7 Å². The Balaban J connectivity index is 2.06. The maximum atomic E-state index is 13.5. The molecule has 0 aromatic heterocycles. The van der Waals surface area contributed by atoms with Crippen LogP contribution >= 0.6 is 0 Å². The molecular formula is C30H39NO14. The Labute approximate surface area is 260 Å². The average Bonchev–Trinajstić information content (AvgIpc) is 3.00. The van der Waals surface area contributed by atoms with Gasteiger partial charge in [-0.1, -0.05) is 24.3 Å². The number of allylic oxidation sites excluding steroid dienone is 2. The normalized spacial score (nSPS) is 27.6. The Morgan fingerprint density at radius 2 is 1.51 bits per heavy atom. The van der Waals surface area contributed by atoms with Crippen LogP contribution in [0.5, 0.6) is 5.75 Å². The number of nitrogens with one attached hydrogen (secondary N) is 1. The smallest absolute Gasteiger partial charge is 0.412 e. The molecule has 15 nitrogen and oxygen atoms in total. The number of fused-ring (bicyclic) bond motifs is 1. The summed E-state index contributed by atoms with van der Waals surface area (Å²) in [5, 5.41) is 12.8. The molecule has 15 heteroatoms. The van der Waals surface area contributed by atoms with E-state index in [9.17, 15) is 29.1 Å². The van der Waals surface area contributed by atoms with Crippen LogP contribution in [0, 0.1) is 18.8 Å². The fourth-order valence-corrected chi connectivity index (χ4v) is 4.80. The summed E-state index contributed by atoms with van der Waals surface area (Å²) in [5.41, 5.74) is 0.908. The molecule has 3 rings (SSSR count). The number of esters is 4. The van der Waals surface area contributed by atoms with Crippen molar-refractivity contribution in [3.63, 3.8) is 0 Å². The standard InChI is InChI=1S/C30H39NO14/c1-6-40-25(33)17-12-8-9-13-18(26(34)41-7-2)28(36)44-24-23(43-27(17)35)22(20(15-32)42-29(24)39-5)45-30(37)31-21-16(3)11-10-14-19(21)38-4/h8-11,14,17-18,20,22-24,29,32H,6-7,12-13,15H2,1-5H3,(H,31,37)/b9-8+/t17-,18-,20-,22-,23+,24-,29+/m1/s1. The van der Waals surface area contributed by atoms with Gasteiger partial charge in [0, 0.05) is 7.11 Å². The van der Waals surface area contributed by atoms with Crippen LogP contribution in [-0.4, -0.2) is 99.8 Å². The fourth-order valence-electron chi connectivity index (χ4n) is 4.80. The first-order valence-electron chi connectivity index (χ1n) is 14.4. The highest BCUT2D eigenvalue weighted by Gasteiger charge is 2.54. The van der Waals surface area contributed by atoms with Crippen LogP contribution in [0.1, 0.15) is 32.3 Å². The number of carbonyl (C=O) groups is 5. The SMILES string of the molecule is CCOC(=O)[C@H]1C/C=C/C[C@H](C(=O)OCC)C(=O)O[C@H]2[C@@H](OC)O[C@H](CO)[C@@H](OC(=O)Nc3c(C)cccc3OC)[C@@H]2OC1=O. The van der Waals surface area contributed by atoms with E-state index in [0.717, 1.165) is 0 Å². The van der Waals surface area contributed by atoms with Crippen molar-refractivity contribution in [2.75, 3.05) is 39.4 Å². The van der Waals surface area contributed by atoms with Gasteiger partial charge in [0.1, 0.15) is 11.9 Å². The minimum absolute atomic E-state index is 0.0143. The van der Waals surface area contributed by atoms with E-state index in [0.29, 0.717) is 11.3 Å². The second kappa shape index (κ2) is 16.7. The van der Waals surface area contributed by atoms with Crippen LogP contribution in [-0.2, 0) is 52.3 Å². The number of para-hydroxylation sites is 1. The molecule has 1 amide bonds. The number of methoxy groups -OCH3 is 2. The molecule has 45 heavy (non-hydrogen) atoms. The van der Waals surface area contributed by atoms with E-state index in [1.54, 1.807) is 39.0 Å². The van der Waals surface area contributed by atoms with E-state index >= 15 is 0 Å². The lowest BCUT2D eigenvalue weighted by Crippen LogP contribution is -2.63. The van der Waals surface area contributed by atoms with E-state index in [2.05, 4.69) is 5.32 Å². The van der Waals surface area contributed by atoms with Gasteiger partial charge in [-0.05, 0) is 45.2 Å². The maximum absolute atomic E-state index is 13.5. The number of benzene rings is 1. The highest BCUT2D eigenvalue weighted by atomic mass is 16.7. The third kappa shape index (κ3) is 8.71. The molecule has 2 N–H and O–H groups in total. The van der Waals surface area contributed by atoms with E-state index in [-0.39, 0.29) is 31.7 Å². The van der Waals surface area contributed by atoms with Gasteiger partial charge in [0.05, 0.1) is 32.6 Å². The van der Waals surface area contributed by atoms with Gasteiger partial charge in [-0.25, -0.2) is 4.79 Å². The lowest BCUT2D eigenvalue weighted by molar-refractivity contribution is -0.300.